The van der Waals surface area contributed by atoms with Crippen molar-refractivity contribution in [2.75, 3.05) is 11.6 Å². The van der Waals surface area contributed by atoms with E-state index in [1.807, 2.05) is 12.1 Å². The number of hydrogen-bond acceptors (Lipinski definition) is 5. The number of nitrogens with two attached hydrogens (primary N) is 1. The third-order valence-corrected chi connectivity index (χ3v) is 4.51. The molecule has 0 saturated heterocycles. The van der Waals surface area contributed by atoms with Crippen molar-refractivity contribution in [1.82, 2.24) is 4.98 Å². The van der Waals surface area contributed by atoms with Gasteiger partial charge in [-0.2, -0.15) is 0 Å². The molecule has 2 aromatic rings. The van der Waals surface area contributed by atoms with E-state index < -0.39 is 0 Å². The molecule has 0 radical (unpaired) electrons. The van der Waals surface area contributed by atoms with Gasteiger partial charge in [-0.3, -0.25) is 4.98 Å². The minimum atomic E-state index is -0.323. The Bertz CT molecular complexity index is 647. The lowest BCUT2D eigenvalue weighted by Crippen LogP contribution is -2.52. The lowest BCUT2D eigenvalue weighted by Gasteiger charge is -2.40. The number of phenols is 1. The van der Waals surface area contributed by atoms with Crippen LogP contribution in [0.1, 0.15) is 46.0 Å². The van der Waals surface area contributed by atoms with Crippen LogP contribution in [-0.2, 0) is 0 Å². The monoisotopic (exact) mass is 317 g/mol. The summed E-state index contributed by atoms with van der Waals surface area (Å²) in [6.07, 6.45) is 6.60. The van der Waals surface area contributed by atoms with Gasteiger partial charge >= 0.3 is 0 Å². The second-order valence-corrected chi connectivity index (χ2v) is 6.33. The fourth-order valence-corrected chi connectivity index (χ4v) is 2.98. The average Bonchev–Trinajstić information content (AvgIpc) is 2.53. The van der Waals surface area contributed by atoms with Crippen molar-refractivity contribution in [2.24, 2.45) is 5.84 Å². The first kappa shape index (κ1) is 17.5. The Kier molecular flexibility index (Phi) is 5.80. The molecule has 0 fully saturated rings. The molecule has 0 aliphatic heterocycles. The van der Waals surface area contributed by atoms with Crippen LogP contribution >= 0.6 is 0 Å². The van der Waals surface area contributed by atoms with Crippen molar-refractivity contribution in [3.05, 3.63) is 30.5 Å². The van der Waals surface area contributed by atoms with Gasteiger partial charge in [-0.05, 0) is 38.0 Å². The van der Waals surface area contributed by atoms with E-state index in [9.17, 15) is 10.2 Å². The van der Waals surface area contributed by atoms with Gasteiger partial charge in [0.2, 0.25) is 0 Å². The molecule has 1 atom stereocenters. The molecule has 1 heterocycles. The number of pyridine rings is 1. The molecule has 0 aliphatic rings. The number of benzene rings is 1. The highest BCUT2D eigenvalue weighted by Gasteiger charge is 2.30. The van der Waals surface area contributed by atoms with Crippen LogP contribution in [0.15, 0.2) is 30.5 Å². The molecular formula is C18H27N3O2. The first-order valence-electron chi connectivity index (χ1n) is 8.25. The standard InChI is InChI=1S/C18H27N3O2/c1-3-4-5-9-18(2,10-12-22)21(19)17-8-11-20-16-13-14(23)6-7-15(16)17/h6-8,11,13,22-23H,3-5,9-10,12,19H2,1-2H3. The number of rotatable bonds is 8. The lowest BCUT2D eigenvalue weighted by atomic mass is 9.89. The molecule has 1 aromatic carbocycles. The van der Waals surface area contributed by atoms with E-state index in [-0.39, 0.29) is 17.9 Å². The van der Waals surface area contributed by atoms with Gasteiger partial charge in [0.1, 0.15) is 5.75 Å². The number of aliphatic hydroxyl groups is 1. The van der Waals surface area contributed by atoms with Crippen LogP contribution in [0, 0.1) is 0 Å². The summed E-state index contributed by atoms with van der Waals surface area (Å²) in [5.41, 5.74) is 1.25. The van der Waals surface area contributed by atoms with Gasteiger partial charge < -0.3 is 15.2 Å². The van der Waals surface area contributed by atoms with Crippen LogP contribution in [0.25, 0.3) is 10.9 Å². The van der Waals surface area contributed by atoms with Crippen molar-refractivity contribution >= 4 is 16.6 Å². The number of nitrogens with zero attached hydrogens (tertiary/aromatic N) is 2. The molecule has 0 aliphatic carbocycles. The molecule has 2 rings (SSSR count). The molecule has 23 heavy (non-hydrogen) atoms. The smallest absolute Gasteiger partial charge is 0.117 e. The quantitative estimate of drug-likeness (QED) is 0.395. The maximum atomic E-state index is 9.63. The van der Waals surface area contributed by atoms with Crippen LogP contribution in [-0.4, -0.2) is 27.3 Å². The Morgan fingerprint density at radius 1 is 1.22 bits per heavy atom. The zero-order valence-electron chi connectivity index (χ0n) is 14.0. The highest BCUT2D eigenvalue weighted by atomic mass is 16.3. The maximum Gasteiger partial charge on any atom is 0.117 e. The molecule has 0 saturated carbocycles. The minimum Gasteiger partial charge on any atom is -0.508 e. The molecule has 0 amide bonds. The summed E-state index contributed by atoms with van der Waals surface area (Å²) in [4.78, 5) is 4.30. The molecule has 0 spiro atoms. The Morgan fingerprint density at radius 2 is 2.00 bits per heavy atom. The van der Waals surface area contributed by atoms with Crippen LogP contribution in [0.5, 0.6) is 5.75 Å². The number of aliphatic hydroxyl groups excluding tert-OH is 1. The fourth-order valence-electron chi connectivity index (χ4n) is 2.98. The van der Waals surface area contributed by atoms with Gasteiger partial charge in [-0.15, -0.1) is 0 Å². The molecular weight excluding hydrogens is 290 g/mol. The Balaban J connectivity index is 2.37. The van der Waals surface area contributed by atoms with Crippen LogP contribution < -0.4 is 10.9 Å². The van der Waals surface area contributed by atoms with Crippen molar-refractivity contribution in [1.29, 1.82) is 0 Å². The Morgan fingerprint density at radius 3 is 2.70 bits per heavy atom. The molecule has 5 nitrogen and oxygen atoms in total. The normalized spacial score (nSPS) is 13.9. The predicted molar refractivity (Wildman–Crippen MR) is 94.3 cm³/mol. The van der Waals surface area contributed by atoms with Crippen molar-refractivity contribution in [3.63, 3.8) is 0 Å². The van der Waals surface area contributed by atoms with E-state index in [1.165, 1.54) is 0 Å². The number of aromatic hydroxyl groups is 1. The van der Waals surface area contributed by atoms with Crippen molar-refractivity contribution in [2.45, 2.75) is 51.5 Å². The van der Waals surface area contributed by atoms with Crippen LogP contribution in [0.3, 0.4) is 0 Å². The van der Waals surface area contributed by atoms with E-state index in [4.69, 9.17) is 5.84 Å². The van der Waals surface area contributed by atoms with E-state index in [1.54, 1.807) is 23.3 Å². The third-order valence-electron chi connectivity index (χ3n) is 4.51. The van der Waals surface area contributed by atoms with Crippen LogP contribution in [0.4, 0.5) is 5.69 Å². The summed E-state index contributed by atoms with van der Waals surface area (Å²) in [5.74, 6) is 6.66. The zero-order chi connectivity index (χ0) is 16.9. The Hall–Kier alpha value is -1.85. The highest BCUT2D eigenvalue weighted by Crippen LogP contribution is 2.33. The zero-order valence-corrected chi connectivity index (χ0v) is 14.0. The molecule has 1 aromatic heterocycles. The first-order valence-corrected chi connectivity index (χ1v) is 8.25. The summed E-state index contributed by atoms with van der Waals surface area (Å²) in [6, 6.07) is 6.99. The number of unbranched alkanes of at least 4 members (excludes halogenated alkanes) is 2. The minimum absolute atomic E-state index is 0.0974. The van der Waals surface area contributed by atoms with E-state index >= 15 is 0 Å². The predicted octanol–water partition coefficient (Wildman–Crippen LogP) is 3.34. The topological polar surface area (TPSA) is 82.6 Å². The molecule has 5 heteroatoms. The van der Waals surface area contributed by atoms with Gasteiger partial charge in [0, 0.05) is 24.3 Å². The SMILES string of the molecule is CCCCCC(C)(CCO)N(N)c1ccnc2cc(O)ccc12. The number of phenolic OH excluding ortho intramolecular Hbond substituents is 1. The molecule has 1 unspecified atom stereocenters. The van der Waals surface area contributed by atoms with Gasteiger partial charge in [0.05, 0.1) is 16.7 Å². The van der Waals surface area contributed by atoms with E-state index in [0.29, 0.717) is 11.9 Å². The second kappa shape index (κ2) is 7.62. The largest absolute Gasteiger partial charge is 0.508 e. The van der Waals surface area contributed by atoms with Crippen molar-refractivity contribution in [3.8, 4) is 5.75 Å². The fraction of sp³-hybridized carbons (Fsp3) is 0.500. The van der Waals surface area contributed by atoms with E-state index in [2.05, 4.69) is 18.8 Å². The first-order chi connectivity index (χ1) is 11.0. The van der Waals surface area contributed by atoms with Gasteiger partial charge in [-0.25, -0.2) is 5.84 Å². The summed E-state index contributed by atoms with van der Waals surface area (Å²) in [5, 5.41) is 21.8. The summed E-state index contributed by atoms with van der Waals surface area (Å²) in [6.45, 7) is 4.36. The van der Waals surface area contributed by atoms with Crippen molar-refractivity contribution < 1.29 is 10.2 Å². The maximum absolute atomic E-state index is 9.63. The summed E-state index contributed by atoms with van der Waals surface area (Å²) < 4.78 is 0. The molecule has 0 bridgehead atoms. The number of aromatic nitrogens is 1. The number of anilines is 1. The van der Waals surface area contributed by atoms with Gasteiger partial charge in [0.15, 0.2) is 0 Å². The number of hydrazine groups is 1. The van der Waals surface area contributed by atoms with Crippen LogP contribution in [0.2, 0.25) is 0 Å². The average molecular weight is 317 g/mol. The Labute approximate surface area is 137 Å². The number of fused-ring (bicyclic) bond motifs is 1. The third kappa shape index (κ3) is 3.92. The van der Waals surface area contributed by atoms with Gasteiger partial charge in [-0.1, -0.05) is 26.2 Å². The summed E-state index contributed by atoms with van der Waals surface area (Å²) in [7, 11) is 0. The number of hydrogen-bond donors (Lipinski definition) is 3. The lowest BCUT2D eigenvalue weighted by molar-refractivity contribution is 0.229. The van der Waals surface area contributed by atoms with Gasteiger partial charge in [0.25, 0.3) is 0 Å². The summed E-state index contributed by atoms with van der Waals surface area (Å²) >= 11 is 0. The molecule has 4 N–H and O–H groups in total. The molecule has 126 valence electrons. The highest BCUT2D eigenvalue weighted by molar-refractivity contribution is 5.92. The van der Waals surface area contributed by atoms with E-state index in [0.717, 1.165) is 36.8 Å². The second-order valence-electron chi connectivity index (χ2n) is 6.33.